The molecule has 0 spiro atoms. The van der Waals surface area contributed by atoms with Gasteiger partial charge in [-0.05, 0) is 44.9 Å². The van der Waals surface area contributed by atoms with Crippen LogP contribution >= 0.6 is 0 Å². The van der Waals surface area contributed by atoms with Gasteiger partial charge in [0.25, 0.3) is 5.56 Å². The van der Waals surface area contributed by atoms with Crippen molar-refractivity contribution in [2.24, 2.45) is 17.2 Å². The summed E-state index contributed by atoms with van der Waals surface area (Å²) in [5.74, 6) is -2.13. The van der Waals surface area contributed by atoms with E-state index in [4.69, 9.17) is 31.7 Å². The fraction of sp³-hybridized carbons (Fsp3) is 0.433. The molecule has 1 aromatic carbocycles. The van der Waals surface area contributed by atoms with Gasteiger partial charge in [-0.2, -0.15) is 0 Å². The molecular weight excluding hydrogens is 542 g/mol. The van der Waals surface area contributed by atoms with E-state index < -0.39 is 47.1 Å². The predicted octanol–water partition coefficient (Wildman–Crippen LogP) is 1.04. The number of para-hydroxylation sites is 1. The third kappa shape index (κ3) is 4.79. The molecule has 2 aliphatic heterocycles. The van der Waals surface area contributed by atoms with Gasteiger partial charge < -0.3 is 36.3 Å². The maximum atomic E-state index is 13.9. The standard InChI is InChI=1S/C30H35N5O7/c1-3-30(40)19-12-22-24-17(13-35(22)27(37)18(19)14-41-29(30)39)23(16-8-4-5-10-21(16)34-24)26(42-28(38)15(2)32)25(36)20(33)9-6-7-11-31/h4-5,8,10,12,15,20,26,40H,3,6-7,9,11,13-14,31-33H2,1-2H3/t15-,20-,26?,30-/m0/s1. The molecular formula is C30H35N5O7. The largest absolute Gasteiger partial charge is 0.458 e. The average Bonchev–Trinajstić information content (AvgIpc) is 3.35. The number of cyclic esters (lactones) is 1. The van der Waals surface area contributed by atoms with Crippen LogP contribution in [-0.4, -0.2) is 51.0 Å². The Labute approximate surface area is 241 Å². The van der Waals surface area contributed by atoms with Crippen LogP contribution < -0.4 is 22.8 Å². The molecule has 0 aliphatic carbocycles. The molecule has 0 radical (unpaired) electrons. The Morgan fingerprint density at radius 1 is 1.19 bits per heavy atom. The first-order valence-electron chi connectivity index (χ1n) is 14.1. The van der Waals surface area contributed by atoms with E-state index in [2.05, 4.69) is 0 Å². The highest BCUT2D eigenvalue weighted by atomic mass is 16.6. The second-order valence-electron chi connectivity index (χ2n) is 10.9. The molecule has 4 atom stereocenters. The van der Waals surface area contributed by atoms with E-state index in [1.807, 2.05) is 0 Å². The topological polar surface area (TPSA) is 203 Å². The number of fused-ring (bicyclic) bond motifs is 5. The minimum Gasteiger partial charge on any atom is -0.458 e. The summed E-state index contributed by atoms with van der Waals surface area (Å²) in [6.45, 7) is 3.26. The molecule has 2 aromatic heterocycles. The third-order valence-electron chi connectivity index (χ3n) is 8.10. The zero-order chi connectivity index (χ0) is 30.3. The Morgan fingerprint density at radius 3 is 2.62 bits per heavy atom. The summed E-state index contributed by atoms with van der Waals surface area (Å²) in [4.78, 5) is 57.9. The van der Waals surface area contributed by atoms with Crippen molar-refractivity contribution in [3.63, 3.8) is 0 Å². The van der Waals surface area contributed by atoms with E-state index in [0.717, 1.165) is 0 Å². The number of esters is 2. The summed E-state index contributed by atoms with van der Waals surface area (Å²) in [6, 6.07) is 6.67. The molecule has 4 heterocycles. The normalized spacial score (nSPS) is 19.3. The number of rotatable bonds is 10. The van der Waals surface area contributed by atoms with Crippen molar-refractivity contribution < 1.29 is 29.0 Å². The molecule has 3 aromatic rings. The van der Waals surface area contributed by atoms with Crippen LogP contribution in [-0.2, 0) is 42.6 Å². The lowest BCUT2D eigenvalue weighted by molar-refractivity contribution is -0.172. The van der Waals surface area contributed by atoms with E-state index >= 15 is 0 Å². The lowest BCUT2D eigenvalue weighted by atomic mass is 9.86. The van der Waals surface area contributed by atoms with Crippen molar-refractivity contribution >= 4 is 28.6 Å². The number of ketones is 1. The fourth-order valence-electron chi connectivity index (χ4n) is 5.69. The number of Topliss-reactive ketones (excluding diaryl/α,β-unsaturated/α-hetero) is 1. The van der Waals surface area contributed by atoms with Gasteiger partial charge in [-0.25, -0.2) is 9.78 Å². The molecule has 12 nitrogen and oxygen atoms in total. The highest BCUT2D eigenvalue weighted by molar-refractivity contribution is 5.98. The Balaban J connectivity index is 1.74. The Bertz CT molecular complexity index is 1650. The van der Waals surface area contributed by atoms with Gasteiger partial charge in [0.1, 0.15) is 12.6 Å². The quantitative estimate of drug-likeness (QED) is 0.155. The highest BCUT2D eigenvalue weighted by Crippen LogP contribution is 2.42. The van der Waals surface area contributed by atoms with Crippen LogP contribution in [0.15, 0.2) is 35.1 Å². The van der Waals surface area contributed by atoms with Crippen molar-refractivity contribution in [3.05, 3.63) is 62.9 Å². The molecule has 42 heavy (non-hydrogen) atoms. The maximum Gasteiger partial charge on any atom is 0.343 e. The van der Waals surface area contributed by atoms with Gasteiger partial charge >= 0.3 is 11.9 Å². The SMILES string of the molecule is CC[C@@]1(O)C(=O)OCc2c1cc1n(c2=O)Cc2c-1nc1ccccc1c2C(OC(=O)[C@H](C)N)C(=O)[C@@H](N)CCCCN. The van der Waals surface area contributed by atoms with Crippen molar-refractivity contribution in [1.82, 2.24) is 9.55 Å². The number of pyridine rings is 2. The second-order valence-corrected chi connectivity index (χ2v) is 10.9. The van der Waals surface area contributed by atoms with Gasteiger partial charge in [-0.15, -0.1) is 0 Å². The van der Waals surface area contributed by atoms with Gasteiger partial charge in [0.2, 0.25) is 0 Å². The summed E-state index contributed by atoms with van der Waals surface area (Å²) < 4.78 is 12.4. The van der Waals surface area contributed by atoms with Crippen molar-refractivity contribution in [2.45, 2.75) is 76.5 Å². The number of aliphatic hydroxyl groups is 1. The Morgan fingerprint density at radius 2 is 1.93 bits per heavy atom. The number of nitrogens with two attached hydrogens (primary N) is 3. The monoisotopic (exact) mass is 577 g/mol. The molecule has 2 aliphatic rings. The van der Waals surface area contributed by atoms with Crippen LogP contribution in [0.2, 0.25) is 0 Å². The first-order chi connectivity index (χ1) is 20.0. The molecule has 222 valence electrons. The minimum absolute atomic E-state index is 0.00315. The number of hydrogen-bond donors (Lipinski definition) is 4. The minimum atomic E-state index is -1.99. The zero-order valence-electron chi connectivity index (χ0n) is 23.6. The van der Waals surface area contributed by atoms with E-state index in [1.165, 1.54) is 11.5 Å². The molecule has 7 N–H and O–H groups in total. The first-order valence-corrected chi connectivity index (χ1v) is 14.1. The molecule has 0 bridgehead atoms. The van der Waals surface area contributed by atoms with E-state index in [9.17, 15) is 24.3 Å². The highest BCUT2D eigenvalue weighted by Gasteiger charge is 2.46. The number of carbonyl (C=O) groups is 3. The number of aromatic nitrogens is 2. The number of hydrogen-bond acceptors (Lipinski definition) is 11. The average molecular weight is 578 g/mol. The molecule has 0 saturated carbocycles. The summed E-state index contributed by atoms with van der Waals surface area (Å²) in [5, 5.41) is 11.8. The number of nitrogens with zero attached hydrogens (tertiary/aromatic N) is 2. The van der Waals surface area contributed by atoms with Gasteiger partial charge in [-0.1, -0.05) is 31.5 Å². The zero-order valence-corrected chi connectivity index (χ0v) is 23.6. The third-order valence-corrected chi connectivity index (χ3v) is 8.10. The molecule has 0 saturated heterocycles. The lowest BCUT2D eigenvalue weighted by Gasteiger charge is -2.31. The number of ether oxygens (including phenoxy) is 2. The van der Waals surface area contributed by atoms with Crippen LogP contribution in [0.1, 0.15) is 67.9 Å². The first kappa shape index (κ1) is 29.5. The van der Waals surface area contributed by atoms with Gasteiger partial charge in [0.15, 0.2) is 17.5 Å². The lowest BCUT2D eigenvalue weighted by Crippen LogP contribution is -2.44. The summed E-state index contributed by atoms with van der Waals surface area (Å²) in [6.07, 6.45) is 0.202. The van der Waals surface area contributed by atoms with Crippen LogP contribution in [0, 0.1) is 0 Å². The second kappa shape index (κ2) is 11.4. The maximum absolute atomic E-state index is 13.9. The van der Waals surface area contributed by atoms with Crippen LogP contribution in [0.3, 0.4) is 0 Å². The number of unbranched alkanes of at least 4 members (excludes halogenated alkanes) is 1. The van der Waals surface area contributed by atoms with E-state index in [1.54, 1.807) is 37.3 Å². The molecule has 1 unspecified atom stereocenters. The molecule has 0 fully saturated rings. The Kier molecular flexibility index (Phi) is 7.99. The number of carbonyl (C=O) groups excluding carboxylic acids is 3. The predicted molar refractivity (Wildman–Crippen MR) is 153 cm³/mol. The van der Waals surface area contributed by atoms with Crippen molar-refractivity contribution in [2.75, 3.05) is 6.54 Å². The Hall–Kier alpha value is -3.97. The molecule has 0 amide bonds. The van der Waals surface area contributed by atoms with Gasteiger partial charge in [0, 0.05) is 22.1 Å². The van der Waals surface area contributed by atoms with Crippen molar-refractivity contribution in [3.8, 4) is 11.4 Å². The fourth-order valence-corrected chi connectivity index (χ4v) is 5.69. The summed E-state index contributed by atoms with van der Waals surface area (Å²) >= 11 is 0. The molecule has 12 heteroatoms. The summed E-state index contributed by atoms with van der Waals surface area (Å²) in [7, 11) is 0. The molecule has 5 rings (SSSR count). The van der Waals surface area contributed by atoms with E-state index in [-0.39, 0.29) is 30.7 Å². The van der Waals surface area contributed by atoms with Crippen LogP contribution in [0.4, 0.5) is 0 Å². The van der Waals surface area contributed by atoms with Crippen molar-refractivity contribution in [1.29, 1.82) is 0 Å². The summed E-state index contributed by atoms with van der Waals surface area (Å²) in [5.41, 5.74) is 17.7. The smallest absolute Gasteiger partial charge is 0.343 e. The van der Waals surface area contributed by atoms with Gasteiger partial charge in [0.05, 0.1) is 35.1 Å². The van der Waals surface area contributed by atoms with Crippen LogP contribution in [0.5, 0.6) is 0 Å². The number of benzene rings is 1. The van der Waals surface area contributed by atoms with Gasteiger partial charge in [-0.3, -0.25) is 14.4 Å². The van der Waals surface area contributed by atoms with Crippen LogP contribution in [0.25, 0.3) is 22.3 Å². The van der Waals surface area contributed by atoms with E-state index in [0.29, 0.717) is 59.2 Å².